The third kappa shape index (κ3) is 3.60. The molecule has 2 aliphatic heterocycles. The molecule has 0 radical (unpaired) electrons. The van der Waals surface area contributed by atoms with Crippen LogP contribution in [0.2, 0.25) is 5.02 Å². The van der Waals surface area contributed by atoms with Gasteiger partial charge in [-0.25, -0.2) is 0 Å². The molecule has 3 heterocycles. The lowest BCUT2D eigenvalue weighted by Gasteiger charge is -2.28. The van der Waals surface area contributed by atoms with E-state index in [-0.39, 0.29) is 11.3 Å². The Balaban J connectivity index is 1.69. The van der Waals surface area contributed by atoms with Crippen molar-refractivity contribution in [3.63, 3.8) is 0 Å². The van der Waals surface area contributed by atoms with E-state index in [0.29, 0.717) is 40.7 Å². The number of benzene rings is 2. The van der Waals surface area contributed by atoms with Gasteiger partial charge in [0, 0.05) is 35.7 Å². The van der Waals surface area contributed by atoms with Crippen molar-refractivity contribution in [1.29, 1.82) is 0 Å². The fourth-order valence-corrected chi connectivity index (χ4v) is 4.33. The minimum atomic E-state index is -0.843. The van der Waals surface area contributed by atoms with Gasteiger partial charge in [-0.05, 0) is 54.1 Å². The van der Waals surface area contributed by atoms with E-state index < -0.39 is 17.7 Å². The number of hydrogen-bond donors (Lipinski definition) is 1. The number of carbonyl (C=O) groups excluding carboxylic acids is 2. The zero-order chi connectivity index (χ0) is 23.1. The van der Waals surface area contributed by atoms with Crippen molar-refractivity contribution in [2.75, 3.05) is 30.0 Å². The third-order valence-corrected chi connectivity index (χ3v) is 6.13. The molecular formula is C25H20ClN3O4. The first-order chi connectivity index (χ1) is 16.0. The maximum Gasteiger partial charge on any atom is 0.300 e. The first-order valence-electron chi connectivity index (χ1n) is 10.4. The highest BCUT2D eigenvalue weighted by Gasteiger charge is 2.47. The summed E-state index contributed by atoms with van der Waals surface area (Å²) in [6, 6.07) is 14.5. The van der Waals surface area contributed by atoms with Crippen LogP contribution < -0.4 is 14.5 Å². The second kappa shape index (κ2) is 8.26. The van der Waals surface area contributed by atoms with Gasteiger partial charge in [0.1, 0.15) is 18.1 Å². The number of hydrogen-bond acceptors (Lipinski definition) is 6. The Morgan fingerprint density at radius 2 is 1.94 bits per heavy atom. The van der Waals surface area contributed by atoms with E-state index >= 15 is 0 Å². The number of nitrogens with zero attached hydrogens (tertiary/aromatic N) is 3. The number of amides is 1. The predicted octanol–water partition coefficient (Wildman–Crippen LogP) is 4.19. The first kappa shape index (κ1) is 21.0. The summed E-state index contributed by atoms with van der Waals surface area (Å²) in [6.07, 6.45) is 3.19. The lowest BCUT2D eigenvalue weighted by Crippen LogP contribution is -2.29. The molecule has 2 aliphatic rings. The van der Waals surface area contributed by atoms with Crippen LogP contribution in [0.4, 0.5) is 11.4 Å². The van der Waals surface area contributed by atoms with Gasteiger partial charge in [0.2, 0.25) is 0 Å². The van der Waals surface area contributed by atoms with Gasteiger partial charge in [-0.3, -0.25) is 19.5 Å². The smallest absolute Gasteiger partial charge is 0.300 e. The van der Waals surface area contributed by atoms with Crippen molar-refractivity contribution < 1.29 is 19.4 Å². The number of likely N-dealkylation sites (N-methyl/N-ethyl adjacent to an activating group) is 1. The van der Waals surface area contributed by atoms with Gasteiger partial charge in [0.15, 0.2) is 0 Å². The molecule has 2 aromatic carbocycles. The minimum Gasteiger partial charge on any atom is -0.507 e. The van der Waals surface area contributed by atoms with Crippen LogP contribution in [0.3, 0.4) is 0 Å². The molecule has 5 rings (SSSR count). The summed E-state index contributed by atoms with van der Waals surface area (Å²) in [6.45, 7) is 1.27. The summed E-state index contributed by atoms with van der Waals surface area (Å²) in [5.74, 6) is -1.05. The Labute approximate surface area is 195 Å². The van der Waals surface area contributed by atoms with Gasteiger partial charge in [0.25, 0.3) is 11.7 Å². The predicted molar refractivity (Wildman–Crippen MR) is 126 cm³/mol. The van der Waals surface area contributed by atoms with Crippen molar-refractivity contribution in [1.82, 2.24) is 4.98 Å². The van der Waals surface area contributed by atoms with E-state index in [0.717, 1.165) is 5.69 Å². The number of halogens is 1. The Morgan fingerprint density at radius 3 is 2.67 bits per heavy atom. The molecule has 1 fully saturated rings. The van der Waals surface area contributed by atoms with Crippen molar-refractivity contribution in [3.05, 3.63) is 88.7 Å². The number of aromatic nitrogens is 1. The summed E-state index contributed by atoms with van der Waals surface area (Å²) in [5, 5.41) is 11.8. The van der Waals surface area contributed by atoms with Crippen LogP contribution in [0.15, 0.2) is 72.6 Å². The summed E-state index contributed by atoms with van der Waals surface area (Å²) in [5.41, 5.74) is 2.33. The molecule has 1 N–H and O–H groups in total. The summed E-state index contributed by atoms with van der Waals surface area (Å²) < 4.78 is 5.68. The first-order valence-corrected chi connectivity index (χ1v) is 10.8. The molecule has 0 aliphatic carbocycles. The number of Topliss-reactive ketones (excluding diaryl/α,β-unsaturated/α-hetero) is 1. The summed E-state index contributed by atoms with van der Waals surface area (Å²) in [7, 11) is 1.93. The molecule has 1 amide bonds. The highest BCUT2D eigenvalue weighted by atomic mass is 35.5. The van der Waals surface area contributed by atoms with Gasteiger partial charge in [-0.1, -0.05) is 17.7 Å². The van der Waals surface area contributed by atoms with Crippen LogP contribution in [0.25, 0.3) is 5.76 Å². The number of anilines is 2. The quantitative estimate of drug-likeness (QED) is 0.358. The van der Waals surface area contributed by atoms with Crippen molar-refractivity contribution >= 4 is 40.4 Å². The molecule has 1 aromatic heterocycles. The van der Waals surface area contributed by atoms with Gasteiger partial charge in [-0.2, -0.15) is 0 Å². The van der Waals surface area contributed by atoms with E-state index in [9.17, 15) is 14.7 Å². The molecule has 0 bridgehead atoms. The number of pyridine rings is 1. The highest BCUT2D eigenvalue weighted by molar-refractivity contribution is 6.51. The molecule has 1 unspecified atom stereocenters. The Hall–Kier alpha value is -3.84. The fourth-order valence-electron chi connectivity index (χ4n) is 4.21. The zero-order valence-corrected chi connectivity index (χ0v) is 18.5. The van der Waals surface area contributed by atoms with Crippen LogP contribution in [0, 0.1) is 0 Å². The second-order valence-corrected chi connectivity index (χ2v) is 8.32. The Morgan fingerprint density at radius 1 is 1.15 bits per heavy atom. The maximum absolute atomic E-state index is 13.2. The number of ketones is 1. The normalized spacial score (nSPS) is 19.4. The van der Waals surface area contributed by atoms with Crippen LogP contribution >= 0.6 is 11.6 Å². The number of fused-ring (bicyclic) bond motifs is 1. The molecule has 8 heteroatoms. The lowest BCUT2D eigenvalue weighted by atomic mass is 9.95. The van der Waals surface area contributed by atoms with Crippen LogP contribution in [0.5, 0.6) is 5.75 Å². The second-order valence-electron chi connectivity index (χ2n) is 7.88. The maximum atomic E-state index is 13.2. The minimum absolute atomic E-state index is 0.00211. The van der Waals surface area contributed by atoms with Crippen molar-refractivity contribution in [2.45, 2.75) is 6.04 Å². The fraction of sp³-hybridized carbons (Fsp3) is 0.160. The summed E-state index contributed by atoms with van der Waals surface area (Å²) in [4.78, 5) is 33.9. The van der Waals surface area contributed by atoms with E-state index in [2.05, 4.69) is 4.98 Å². The largest absolute Gasteiger partial charge is 0.507 e. The SMILES string of the molecule is CN1CCOc2ccc(/C(O)=C3/C(=O)C(=O)N(c4ccc(Cl)cc4)C3c3cccnc3)cc21. The lowest BCUT2D eigenvalue weighted by molar-refractivity contribution is -0.132. The molecule has 3 aromatic rings. The summed E-state index contributed by atoms with van der Waals surface area (Å²) >= 11 is 6.02. The van der Waals surface area contributed by atoms with E-state index in [1.807, 2.05) is 11.9 Å². The van der Waals surface area contributed by atoms with E-state index in [1.54, 1.807) is 67.0 Å². The zero-order valence-electron chi connectivity index (χ0n) is 17.7. The van der Waals surface area contributed by atoms with Gasteiger partial charge in [-0.15, -0.1) is 0 Å². The molecule has 0 spiro atoms. The highest BCUT2D eigenvalue weighted by Crippen LogP contribution is 2.43. The van der Waals surface area contributed by atoms with E-state index in [1.165, 1.54) is 4.90 Å². The number of rotatable bonds is 3. The van der Waals surface area contributed by atoms with E-state index in [4.69, 9.17) is 16.3 Å². The molecule has 1 atom stereocenters. The van der Waals surface area contributed by atoms with Crippen LogP contribution in [-0.2, 0) is 9.59 Å². The standard InChI is InChI=1S/C25H20ClN3O4/c1-28-11-12-33-20-9-4-15(13-19(20)28)23(30)21-22(16-3-2-10-27-14-16)29(25(32)24(21)31)18-7-5-17(26)6-8-18/h2-10,13-14,22,30H,11-12H2,1H3/b23-21-. The molecular weight excluding hydrogens is 442 g/mol. The monoisotopic (exact) mass is 461 g/mol. The number of aliphatic hydroxyl groups excluding tert-OH is 1. The Bertz CT molecular complexity index is 1270. The van der Waals surface area contributed by atoms with Crippen molar-refractivity contribution in [2.24, 2.45) is 0 Å². The molecule has 0 saturated carbocycles. The van der Waals surface area contributed by atoms with Crippen LogP contribution in [-0.4, -0.2) is 42.0 Å². The number of carbonyl (C=O) groups is 2. The average molecular weight is 462 g/mol. The van der Waals surface area contributed by atoms with Crippen molar-refractivity contribution in [3.8, 4) is 5.75 Å². The molecule has 33 heavy (non-hydrogen) atoms. The third-order valence-electron chi connectivity index (χ3n) is 5.88. The molecule has 1 saturated heterocycles. The molecule has 7 nitrogen and oxygen atoms in total. The van der Waals surface area contributed by atoms with Crippen LogP contribution in [0.1, 0.15) is 17.2 Å². The van der Waals surface area contributed by atoms with Gasteiger partial charge in [0.05, 0.1) is 23.8 Å². The van der Waals surface area contributed by atoms with Gasteiger partial charge >= 0.3 is 0 Å². The van der Waals surface area contributed by atoms with Gasteiger partial charge < -0.3 is 14.7 Å². The number of aliphatic hydroxyl groups is 1. The average Bonchev–Trinajstić information content (AvgIpc) is 3.10. The Kier molecular flexibility index (Phi) is 5.26. The topological polar surface area (TPSA) is 83.0 Å². The molecule has 166 valence electrons. The number of ether oxygens (including phenoxy) is 1.